The Morgan fingerprint density at radius 3 is 2.83 bits per heavy atom. The molecule has 0 aliphatic rings. The van der Waals surface area contributed by atoms with Gasteiger partial charge in [0.25, 0.3) is 5.91 Å². The van der Waals surface area contributed by atoms with Crippen LogP contribution < -0.4 is 5.32 Å². The van der Waals surface area contributed by atoms with Crippen LogP contribution in [0.3, 0.4) is 0 Å². The Labute approximate surface area is 133 Å². The third kappa shape index (κ3) is 3.13. The maximum atomic E-state index is 12.5. The van der Waals surface area contributed by atoms with Crippen LogP contribution in [0.25, 0.3) is 5.82 Å². The van der Waals surface area contributed by atoms with Gasteiger partial charge in [0.15, 0.2) is 5.82 Å². The second-order valence-electron chi connectivity index (χ2n) is 5.31. The van der Waals surface area contributed by atoms with Crippen molar-refractivity contribution in [3.8, 4) is 5.82 Å². The molecule has 3 rings (SSSR count). The van der Waals surface area contributed by atoms with Crippen molar-refractivity contribution in [1.82, 2.24) is 25.1 Å². The average molecular weight is 311 g/mol. The van der Waals surface area contributed by atoms with Crippen molar-refractivity contribution < 1.29 is 9.21 Å². The molecule has 0 aliphatic heterocycles. The predicted molar refractivity (Wildman–Crippen MR) is 83.2 cm³/mol. The summed E-state index contributed by atoms with van der Waals surface area (Å²) in [6, 6.07) is 5.12. The first-order valence-electron chi connectivity index (χ1n) is 7.23. The number of pyridine rings is 1. The minimum Gasteiger partial charge on any atom is -0.466 e. The van der Waals surface area contributed by atoms with Gasteiger partial charge in [-0.25, -0.2) is 14.6 Å². The number of nitrogens with zero attached hydrogens (tertiary/aromatic N) is 4. The monoisotopic (exact) mass is 311 g/mol. The van der Waals surface area contributed by atoms with E-state index in [0.29, 0.717) is 11.4 Å². The zero-order chi connectivity index (χ0) is 16.4. The van der Waals surface area contributed by atoms with Gasteiger partial charge in [-0.3, -0.25) is 4.79 Å². The lowest BCUT2D eigenvalue weighted by Gasteiger charge is -2.13. The van der Waals surface area contributed by atoms with Crippen LogP contribution in [-0.4, -0.2) is 25.7 Å². The molecule has 0 bridgehead atoms. The van der Waals surface area contributed by atoms with E-state index in [0.717, 1.165) is 17.1 Å². The molecule has 0 spiro atoms. The molecule has 0 aliphatic carbocycles. The van der Waals surface area contributed by atoms with E-state index in [2.05, 4.69) is 20.4 Å². The number of rotatable bonds is 4. The highest BCUT2D eigenvalue weighted by Crippen LogP contribution is 2.21. The number of carbonyl (C=O) groups is 1. The fraction of sp³-hybridized carbons (Fsp3) is 0.250. The molecule has 3 aromatic heterocycles. The van der Waals surface area contributed by atoms with Gasteiger partial charge in [-0.05, 0) is 39.0 Å². The molecule has 0 aromatic carbocycles. The maximum Gasteiger partial charge on any atom is 0.251 e. The average Bonchev–Trinajstić information content (AvgIpc) is 3.17. The summed E-state index contributed by atoms with van der Waals surface area (Å²) in [4.78, 5) is 20.5. The molecule has 0 saturated heterocycles. The third-order valence-electron chi connectivity index (χ3n) is 3.55. The standard InChI is InChI=1S/C16H17N5O2/c1-10-6-14(12(3)23-10)11(2)20-16(22)13-4-5-18-15(7-13)21-9-17-8-19-21/h4-9,11H,1-3H3,(H,20,22)/t11-/m1/s1. The van der Waals surface area contributed by atoms with Gasteiger partial charge >= 0.3 is 0 Å². The number of carbonyl (C=O) groups excluding carboxylic acids is 1. The quantitative estimate of drug-likeness (QED) is 0.799. The Kier molecular flexibility index (Phi) is 3.92. The summed E-state index contributed by atoms with van der Waals surface area (Å²) in [5.74, 6) is 2.00. The molecule has 3 heterocycles. The molecule has 1 N–H and O–H groups in total. The highest BCUT2D eigenvalue weighted by Gasteiger charge is 2.16. The molecule has 0 fully saturated rings. The maximum absolute atomic E-state index is 12.5. The molecule has 1 amide bonds. The zero-order valence-corrected chi connectivity index (χ0v) is 13.1. The lowest BCUT2D eigenvalue weighted by molar-refractivity contribution is 0.0939. The first kappa shape index (κ1) is 15.0. The molecule has 7 nitrogen and oxygen atoms in total. The number of nitrogens with one attached hydrogen (secondary N) is 1. The minimum atomic E-state index is -0.181. The molecule has 0 unspecified atom stereocenters. The first-order chi connectivity index (χ1) is 11.0. The first-order valence-corrected chi connectivity index (χ1v) is 7.23. The largest absolute Gasteiger partial charge is 0.466 e. The summed E-state index contributed by atoms with van der Waals surface area (Å²) in [5, 5.41) is 6.98. The van der Waals surface area contributed by atoms with Crippen molar-refractivity contribution in [3.63, 3.8) is 0 Å². The van der Waals surface area contributed by atoms with Crippen LogP contribution >= 0.6 is 0 Å². The highest BCUT2D eigenvalue weighted by molar-refractivity contribution is 5.94. The topological polar surface area (TPSA) is 85.8 Å². The van der Waals surface area contributed by atoms with Crippen LogP contribution in [0.15, 0.2) is 41.5 Å². The van der Waals surface area contributed by atoms with Crippen molar-refractivity contribution >= 4 is 5.91 Å². The molecule has 1 atom stereocenters. The predicted octanol–water partition coefficient (Wildman–Crippen LogP) is 2.36. The molecule has 7 heteroatoms. The third-order valence-corrected chi connectivity index (χ3v) is 3.55. The van der Waals surface area contributed by atoms with E-state index in [4.69, 9.17) is 4.42 Å². The van der Waals surface area contributed by atoms with Gasteiger partial charge in [0.2, 0.25) is 0 Å². The Hall–Kier alpha value is -2.96. The number of amides is 1. The fourth-order valence-electron chi connectivity index (χ4n) is 2.45. The number of hydrogen-bond donors (Lipinski definition) is 1. The number of aryl methyl sites for hydroxylation is 2. The number of hydrogen-bond acceptors (Lipinski definition) is 5. The van der Waals surface area contributed by atoms with Crippen LogP contribution in [0.4, 0.5) is 0 Å². The molecular formula is C16H17N5O2. The summed E-state index contributed by atoms with van der Waals surface area (Å²) in [6.45, 7) is 5.70. The van der Waals surface area contributed by atoms with Crippen molar-refractivity contribution in [2.24, 2.45) is 0 Å². The van der Waals surface area contributed by atoms with Crippen LogP contribution in [0.2, 0.25) is 0 Å². The molecule has 0 saturated carbocycles. The van der Waals surface area contributed by atoms with Crippen LogP contribution in [0.1, 0.15) is 40.4 Å². The highest BCUT2D eigenvalue weighted by atomic mass is 16.3. The zero-order valence-electron chi connectivity index (χ0n) is 13.1. The van der Waals surface area contributed by atoms with Gasteiger partial charge in [-0.15, -0.1) is 0 Å². The molecule has 118 valence electrons. The Morgan fingerprint density at radius 1 is 1.35 bits per heavy atom. The van der Waals surface area contributed by atoms with E-state index < -0.39 is 0 Å². The van der Waals surface area contributed by atoms with Gasteiger partial charge in [0, 0.05) is 17.3 Å². The normalized spacial score (nSPS) is 12.1. The summed E-state index contributed by atoms with van der Waals surface area (Å²) in [6.07, 6.45) is 4.52. The Balaban J connectivity index is 1.78. The van der Waals surface area contributed by atoms with E-state index in [1.54, 1.807) is 18.3 Å². The second kappa shape index (κ2) is 6.04. The molecule has 23 heavy (non-hydrogen) atoms. The van der Waals surface area contributed by atoms with E-state index in [9.17, 15) is 4.79 Å². The van der Waals surface area contributed by atoms with Gasteiger partial charge in [-0.2, -0.15) is 5.10 Å². The van der Waals surface area contributed by atoms with E-state index in [-0.39, 0.29) is 11.9 Å². The second-order valence-corrected chi connectivity index (χ2v) is 5.31. The molecule has 3 aromatic rings. The molecular weight excluding hydrogens is 294 g/mol. The smallest absolute Gasteiger partial charge is 0.251 e. The Bertz CT molecular complexity index is 823. The minimum absolute atomic E-state index is 0.150. The van der Waals surface area contributed by atoms with Crippen molar-refractivity contribution in [3.05, 3.63) is 59.7 Å². The van der Waals surface area contributed by atoms with Crippen LogP contribution in [0.5, 0.6) is 0 Å². The number of furan rings is 1. The van der Waals surface area contributed by atoms with Crippen molar-refractivity contribution in [2.45, 2.75) is 26.8 Å². The summed E-state index contributed by atoms with van der Waals surface area (Å²) < 4.78 is 7.01. The van der Waals surface area contributed by atoms with Gasteiger partial charge < -0.3 is 9.73 Å². The molecule has 0 radical (unpaired) electrons. The lowest BCUT2D eigenvalue weighted by atomic mass is 10.1. The van der Waals surface area contributed by atoms with Crippen molar-refractivity contribution in [2.75, 3.05) is 0 Å². The van der Waals surface area contributed by atoms with Crippen LogP contribution in [0, 0.1) is 13.8 Å². The van der Waals surface area contributed by atoms with E-state index >= 15 is 0 Å². The van der Waals surface area contributed by atoms with Gasteiger partial charge in [-0.1, -0.05) is 0 Å². The Morgan fingerprint density at radius 2 is 2.17 bits per heavy atom. The summed E-state index contributed by atoms with van der Waals surface area (Å²) >= 11 is 0. The van der Waals surface area contributed by atoms with Crippen LogP contribution in [-0.2, 0) is 0 Å². The van der Waals surface area contributed by atoms with Gasteiger partial charge in [0.1, 0.15) is 24.2 Å². The summed E-state index contributed by atoms with van der Waals surface area (Å²) in [5.41, 5.74) is 1.48. The SMILES string of the molecule is Cc1cc([C@@H](C)NC(=O)c2ccnc(-n3cncn3)c2)c(C)o1. The van der Waals surface area contributed by atoms with Gasteiger partial charge in [0.05, 0.1) is 6.04 Å². The fourth-order valence-corrected chi connectivity index (χ4v) is 2.45. The lowest BCUT2D eigenvalue weighted by Crippen LogP contribution is -2.27. The van der Waals surface area contributed by atoms with E-state index in [1.165, 1.54) is 17.3 Å². The number of aromatic nitrogens is 4. The van der Waals surface area contributed by atoms with Crippen molar-refractivity contribution in [1.29, 1.82) is 0 Å². The summed E-state index contributed by atoms with van der Waals surface area (Å²) in [7, 11) is 0. The van der Waals surface area contributed by atoms with E-state index in [1.807, 2.05) is 26.8 Å².